The lowest BCUT2D eigenvalue weighted by Crippen LogP contribution is -2.10. The molecular weight excluding hydrogens is 257 g/mol. The van der Waals surface area contributed by atoms with Crippen LogP contribution in [0.5, 0.6) is 5.75 Å². The zero-order chi connectivity index (χ0) is 14.7. The van der Waals surface area contributed by atoms with Crippen molar-refractivity contribution in [3.8, 4) is 11.8 Å². The van der Waals surface area contributed by atoms with Crippen LogP contribution in [-0.4, -0.2) is 5.97 Å². The molecule has 20 heavy (non-hydrogen) atoms. The second-order valence-corrected chi connectivity index (χ2v) is 4.45. The summed E-state index contributed by atoms with van der Waals surface area (Å²) < 4.78 is 18.1. The maximum atomic E-state index is 12.8. The Morgan fingerprint density at radius 1 is 1.15 bits per heavy atom. The number of nitriles is 1. The molecule has 0 amide bonds. The molecule has 0 aliphatic heterocycles. The molecule has 0 fully saturated rings. The molecule has 0 saturated carbocycles. The maximum absolute atomic E-state index is 12.8. The van der Waals surface area contributed by atoms with Gasteiger partial charge in [-0.2, -0.15) is 5.26 Å². The number of carbonyl (C=O) groups is 1. The minimum atomic E-state index is -0.555. The highest BCUT2D eigenvalue weighted by Crippen LogP contribution is 2.25. The van der Waals surface area contributed by atoms with Crippen LogP contribution in [0.3, 0.4) is 0 Å². The Morgan fingerprint density at radius 2 is 1.70 bits per heavy atom. The minimum absolute atomic E-state index is 0.273. The highest BCUT2D eigenvalue weighted by atomic mass is 19.1. The third-order valence-electron chi connectivity index (χ3n) is 2.86. The summed E-state index contributed by atoms with van der Waals surface area (Å²) in [6.45, 7) is 3.53. The van der Waals surface area contributed by atoms with Gasteiger partial charge in [-0.1, -0.05) is 0 Å². The fourth-order valence-electron chi connectivity index (χ4n) is 1.91. The minimum Gasteiger partial charge on any atom is -0.422 e. The van der Waals surface area contributed by atoms with Crippen LogP contribution < -0.4 is 4.74 Å². The third-order valence-corrected chi connectivity index (χ3v) is 2.86. The van der Waals surface area contributed by atoms with Crippen molar-refractivity contribution in [2.45, 2.75) is 13.8 Å². The van der Waals surface area contributed by atoms with Crippen LogP contribution in [-0.2, 0) is 0 Å². The van der Waals surface area contributed by atoms with Crippen LogP contribution in [0.25, 0.3) is 0 Å². The van der Waals surface area contributed by atoms with Gasteiger partial charge in [0.2, 0.25) is 0 Å². The fraction of sp³-hybridized carbons (Fsp3) is 0.125. The topological polar surface area (TPSA) is 50.1 Å². The Labute approximate surface area is 116 Å². The van der Waals surface area contributed by atoms with Crippen LogP contribution in [0.1, 0.15) is 27.0 Å². The first kappa shape index (κ1) is 13.8. The lowest BCUT2D eigenvalue weighted by molar-refractivity contribution is 0.0732. The summed E-state index contributed by atoms with van der Waals surface area (Å²) >= 11 is 0. The van der Waals surface area contributed by atoms with E-state index in [1.807, 2.05) is 6.07 Å². The van der Waals surface area contributed by atoms with Crippen molar-refractivity contribution in [1.29, 1.82) is 5.26 Å². The largest absolute Gasteiger partial charge is 0.422 e. The van der Waals surface area contributed by atoms with Crippen LogP contribution in [0.15, 0.2) is 36.4 Å². The van der Waals surface area contributed by atoms with E-state index in [4.69, 9.17) is 10.00 Å². The average Bonchev–Trinajstić information content (AvgIpc) is 2.43. The van der Waals surface area contributed by atoms with Crippen molar-refractivity contribution in [2.75, 3.05) is 0 Å². The van der Waals surface area contributed by atoms with Gasteiger partial charge in [-0.15, -0.1) is 0 Å². The van der Waals surface area contributed by atoms with Crippen molar-refractivity contribution in [2.24, 2.45) is 0 Å². The summed E-state index contributed by atoms with van der Waals surface area (Å²) in [5.74, 6) is -0.536. The Morgan fingerprint density at radius 3 is 2.20 bits per heavy atom. The molecule has 4 heteroatoms. The molecular formula is C16H12FNO2. The summed E-state index contributed by atoms with van der Waals surface area (Å²) in [5.41, 5.74) is 2.20. The summed E-state index contributed by atoms with van der Waals surface area (Å²) in [6, 6.07) is 10.5. The van der Waals surface area contributed by atoms with E-state index in [1.165, 1.54) is 24.3 Å². The number of aryl methyl sites for hydroxylation is 2. The Balaban J connectivity index is 2.29. The van der Waals surface area contributed by atoms with Crippen molar-refractivity contribution >= 4 is 5.97 Å². The van der Waals surface area contributed by atoms with Gasteiger partial charge in [-0.25, -0.2) is 9.18 Å². The van der Waals surface area contributed by atoms with E-state index in [2.05, 4.69) is 0 Å². The molecule has 0 heterocycles. The van der Waals surface area contributed by atoms with Gasteiger partial charge in [-0.3, -0.25) is 0 Å². The molecule has 0 N–H and O–H groups in total. The normalized spacial score (nSPS) is 9.90. The monoisotopic (exact) mass is 269 g/mol. The van der Waals surface area contributed by atoms with E-state index in [0.717, 1.165) is 0 Å². The molecule has 0 saturated heterocycles. The van der Waals surface area contributed by atoms with Gasteiger partial charge in [0.15, 0.2) is 0 Å². The van der Waals surface area contributed by atoms with Crippen molar-refractivity contribution < 1.29 is 13.9 Å². The van der Waals surface area contributed by atoms with Gasteiger partial charge in [0, 0.05) is 0 Å². The van der Waals surface area contributed by atoms with Crippen LogP contribution in [0, 0.1) is 31.0 Å². The number of halogens is 1. The van der Waals surface area contributed by atoms with E-state index in [9.17, 15) is 9.18 Å². The summed E-state index contributed by atoms with van der Waals surface area (Å²) in [6.07, 6.45) is 0. The number of ether oxygens (including phenoxy) is 1. The predicted molar refractivity (Wildman–Crippen MR) is 72.0 cm³/mol. The SMILES string of the molecule is Cc1cc(C#N)cc(C)c1OC(=O)c1ccc(F)cc1. The molecule has 0 aliphatic rings. The highest BCUT2D eigenvalue weighted by Gasteiger charge is 2.13. The van der Waals surface area contributed by atoms with Gasteiger partial charge in [-0.05, 0) is 61.4 Å². The number of carbonyl (C=O) groups excluding carboxylic acids is 1. The van der Waals surface area contributed by atoms with E-state index in [-0.39, 0.29) is 5.56 Å². The summed E-state index contributed by atoms with van der Waals surface area (Å²) in [4.78, 5) is 12.0. The van der Waals surface area contributed by atoms with Gasteiger partial charge in [0.25, 0.3) is 0 Å². The predicted octanol–water partition coefficient (Wildman–Crippen LogP) is 3.53. The Bertz CT molecular complexity index is 676. The van der Waals surface area contributed by atoms with E-state index in [1.54, 1.807) is 26.0 Å². The van der Waals surface area contributed by atoms with Crippen molar-refractivity contribution in [1.82, 2.24) is 0 Å². The lowest BCUT2D eigenvalue weighted by Gasteiger charge is -2.11. The molecule has 100 valence electrons. The lowest BCUT2D eigenvalue weighted by atomic mass is 10.1. The van der Waals surface area contributed by atoms with Crippen LogP contribution >= 0.6 is 0 Å². The zero-order valence-electron chi connectivity index (χ0n) is 11.1. The second-order valence-electron chi connectivity index (χ2n) is 4.45. The number of rotatable bonds is 2. The number of hydrogen-bond acceptors (Lipinski definition) is 3. The van der Waals surface area contributed by atoms with E-state index in [0.29, 0.717) is 22.4 Å². The Hall–Kier alpha value is -2.67. The van der Waals surface area contributed by atoms with Crippen molar-refractivity contribution in [3.05, 3.63) is 64.5 Å². The smallest absolute Gasteiger partial charge is 0.343 e. The molecule has 2 aromatic carbocycles. The maximum Gasteiger partial charge on any atom is 0.343 e. The quantitative estimate of drug-likeness (QED) is 0.619. The van der Waals surface area contributed by atoms with Crippen LogP contribution in [0.4, 0.5) is 4.39 Å². The molecule has 0 aliphatic carbocycles. The van der Waals surface area contributed by atoms with Crippen molar-refractivity contribution in [3.63, 3.8) is 0 Å². The van der Waals surface area contributed by atoms with Gasteiger partial charge < -0.3 is 4.74 Å². The summed E-state index contributed by atoms with van der Waals surface area (Å²) in [7, 11) is 0. The molecule has 2 rings (SSSR count). The molecule has 0 unspecified atom stereocenters. The fourth-order valence-corrected chi connectivity index (χ4v) is 1.91. The molecule has 0 atom stereocenters. The van der Waals surface area contributed by atoms with Crippen LogP contribution in [0.2, 0.25) is 0 Å². The molecule has 3 nitrogen and oxygen atoms in total. The van der Waals surface area contributed by atoms with Gasteiger partial charge in [0.05, 0.1) is 17.2 Å². The van der Waals surface area contributed by atoms with Gasteiger partial charge in [0.1, 0.15) is 11.6 Å². The van der Waals surface area contributed by atoms with Gasteiger partial charge >= 0.3 is 5.97 Å². The molecule has 0 spiro atoms. The molecule has 0 aromatic heterocycles. The van der Waals surface area contributed by atoms with E-state index < -0.39 is 11.8 Å². The van der Waals surface area contributed by atoms with E-state index >= 15 is 0 Å². The first-order valence-corrected chi connectivity index (χ1v) is 6.00. The highest BCUT2D eigenvalue weighted by molar-refractivity contribution is 5.91. The number of esters is 1. The molecule has 0 radical (unpaired) electrons. The molecule has 2 aromatic rings. The first-order chi connectivity index (χ1) is 9.51. The molecule has 0 bridgehead atoms. The average molecular weight is 269 g/mol. The Kier molecular flexibility index (Phi) is 3.81. The standard InChI is InChI=1S/C16H12FNO2/c1-10-7-12(9-18)8-11(2)15(10)20-16(19)13-3-5-14(17)6-4-13/h3-8H,1-2H3. The number of nitrogens with zero attached hydrogens (tertiary/aromatic N) is 1. The first-order valence-electron chi connectivity index (χ1n) is 6.00. The number of hydrogen-bond donors (Lipinski definition) is 0. The second kappa shape index (κ2) is 5.54. The third kappa shape index (κ3) is 2.83. The zero-order valence-corrected chi connectivity index (χ0v) is 11.1. The summed E-state index contributed by atoms with van der Waals surface area (Å²) in [5, 5.41) is 8.87. The number of benzene rings is 2.